The minimum Gasteiger partial charge on any atom is -0.369 e. The summed E-state index contributed by atoms with van der Waals surface area (Å²) in [7, 11) is 0. The molecular formula is C17H30N4. The Hall–Kier alpha value is -1.16. The topological polar surface area (TPSA) is 41.1 Å². The highest BCUT2D eigenvalue weighted by atomic mass is 15.2. The monoisotopic (exact) mass is 290 g/mol. The number of aromatic nitrogens is 2. The van der Waals surface area contributed by atoms with Crippen LogP contribution >= 0.6 is 0 Å². The van der Waals surface area contributed by atoms with Crippen molar-refractivity contribution in [3.63, 3.8) is 0 Å². The highest BCUT2D eigenvalue weighted by Crippen LogP contribution is 2.33. The maximum atomic E-state index is 4.81. The Morgan fingerprint density at radius 3 is 2.52 bits per heavy atom. The van der Waals surface area contributed by atoms with Crippen LogP contribution in [0.5, 0.6) is 0 Å². The van der Waals surface area contributed by atoms with E-state index in [-0.39, 0.29) is 0 Å². The van der Waals surface area contributed by atoms with E-state index in [1.165, 1.54) is 18.5 Å². The van der Waals surface area contributed by atoms with Crippen LogP contribution in [0.15, 0.2) is 6.20 Å². The molecule has 0 saturated carbocycles. The lowest BCUT2D eigenvalue weighted by Gasteiger charge is -2.38. The van der Waals surface area contributed by atoms with Gasteiger partial charge in [0.2, 0.25) is 0 Å². The van der Waals surface area contributed by atoms with Crippen molar-refractivity contribution in [2.75, 3.05) is 24.5 Å². The summed E-state index contributed by atoms with van der Waals surface area (Å²) >= 11 is 0. The Labute approximate surface area is 129 Å². The van der Waals surface area contributed by atoms with E-state index in [4.69, 9.17) is 4.98 Å². The minimum atomic E-state index is 0.375. The molecule has 0 aliphatic carbocycles. The number of piperidine rings is 1. The third-order valence-electron chi connectivity index (χ3n) is 4.38. The van der Waals surface area contributed by atoms with E-state index in [0.717, 1.165) is 37.7 Å². The number of nitrogens with one attached hydrogen (secondary N) is 1. The number of anilines is 1. The molecule has 2 heterocycles. The first-order valence-corrected chi connectivity index (χ1v) is 8.24. The lowest BCUT2D eigenvalue weighted by molar-refractivity contribution is 0.279. The van der Waals surface area contributed by atoms with Crippen LogP contribution in [0.25, 0.3) is 0 Å². The van der Waals surface area contributed by atoms with E-state index < -0.39 is 0 Å². The zero-order chi connectivity index (χ0) is 15.5. The Balaban J connectivity index is 2.21. The van der Waals surface area contributed by atoms with Crippen LogP contribution in [-0.4, -0.2) is 29.6 Å². The van der Waals surface area contributed by atoms with Crippen LogP contribution in [0.3, 0.4) is 0 Å². The molecule has 0 aromatic carbocycles. The second kappa shape index (κ2) is 6.73. The molecule has 2 rings (SSSR count). The van der Waals surface area contributed by atoms with Crippen molar-refractivity contribution in [1.29, 1.82) is 0 Å². The summed E-state index contributed by atoms with van der Waals surface area (Å²) in [4.78, 5) is 11.8. The van der Waals surface area contributed by atoms with Gasteiger partial charge in [-0.2, -0.15) is 0 Å². The summed E-state index contributed by atoms with van der Waals surface area (Å²) in [5.41, 5.74) is 2.84. The smallest absolute Gasteiger partial charge is 0.131 e. The molecular weight excluding hydrogens is 260 g/mol. The molecule has 0 unspecified atom stereocenters. The molecule has 1 aromatic heterocycles. The molecule has 1 aromatic rings. The van der Waals surface area contributed by atoms with Gasteiger partial charge in [-0.3, -0.25) is 0 Å². The van der Waals surface area contributed by atoms with Gasteiger partial charge in [0.1, 0.15) is 5.82 Å². The fourth-order valence-corrected chi connectivity index (χ4v) is 2.69. The van der Waals surface area contributed by atoms with Gasteiger partial charge in [0.15, 0.2) is 0 Å². The van der Waals surface area contributed by atoms with Crippen LogP contribution in [0, 0.1) is 5.41 Å². The molecule has 21 heavy (non-hydrogen) atoms. The van der Waals surface area contributed by atoms with Crippen molar-refractivity contribution in [3.8, 4) is 0 Å². The first kappa shape index (κ1) is 16.2. The molecule has 1 aliphatic heterocycles. The van der Waals surface area contributed by atoms with Gasteiger partial charge in [-0.05, 0) is 24.8 Å². The number of hydrogen-bond donors (Lipinski definition) is 1. The minimum absolute atomic E-state index is 0.375. The third-order valence-corrected chi connectivity index (χ3v) is 4.38. The summed E-state index contributed by atoms with van der Waals surface area (Å²) in [5, 5.41) is 3.41. The molecule has 1 N–H and O–H groups in total. The summed E-state index contributed by atoms with van der Waals surface area (Å²) in [6, 6.07) is 0. The van der Waals surface area contributed by atoms with Crippen LogP contribution in [0.2, 0.25) is 0 Å². The number of nitrogens with zero attached hydrogens (tertiary/aromatic N) is 3. The summed E-state index contributed by atoms with van der Waals surface area (Å²) in [6.07, 6.45) is 4.51. The van der Waals surface area contributed by atoms with Gasteiger partial charge < -0.3 is 10.2 Å². The van der Waals surface area contributed by atoms with Crippen molar-refractivity contribution >= 4 is 5.69 Å². The van der Waals surface area contributed by atoms with E-state index in [1.807, 2.05) is 6.20 Å². The Bertz CT molecular complexity index is 458. The lowest BCUT2D eigenvalue weighted by Crippen LogP contribution is -2.38. The van der Waals surface area contributed by atoms with Gasteiger partial charge in [0.25, 0.3) is 0 Å². The molecule has 0 radical (unpaired) electrons. The highest BCUT2D eigenvalue weighted by Gasteiger charge is 2.27. The molecule has 1 saturated heterocycles. The van der Waals surface area contributed by atoms with Gasteiger partial charge >= 0.3 is 0 Å². The average molecular weight is 290 g/mol. The van der Waals surface area contributed by atoms with Crippen molar-refractivity contribution in [1.82, 2.24) is 15.3 Å². The largest absolute Gasteiger partial charge is 0.369 e. The first-order chi connectivity index (χ1) is 9.93. The van der Waals surface area contributed by atoms with Gasteiger partial charge in [-0.15, -0.1) is 0 Å². The van der Waals surface area contributed by atoms with Gasteiger partial charge in [0, 0.05) is 25.6 Å². The third kappa shape index (κ3) is 4.16. The molecule has 0 spiro atoms. The van der Waals surface area contributed by atoms with Crippen molar-refractivity contribution in [3.05, 3.63) is 17.7 Å². The Kier molecular flexibility index (Phi) is 5.20. The van der Waals surface area contributed by atoms with Crippen molar-refractivity contribution in [2.24, 2.45) is 5.41 Å². The van der Waals surface area contributed by atoms with Crippen LogP contribution in [0.1, 0.15) is 64.9 Å². The van der Waals surface area contributed by atoms with E-state index in [2.05, 4.69) is 49.8 Å². The van der Waals surface area contributed by atoms with E-state index in [0.29, 0.717) is 11.3 Å². The van der Waals surface area contributed by atoms with E-state index in [1.54, 1.807) is 0 Å². The normalized spacial score (nSPS) is 18.3. The quantitative estimate of drug-likeness (QED) is 0.903. The molecule has 4 heteroatoms. The lowest BCUT2D eigenvalue weighted by atomic mass is 9.82. The van der Waals surface area contributed by atoms with E-state index >= 15 is 0 Å². The zero-order valence-electron chi connectivity index (χ0n) is 14.2. The summed E-state index contributed by atoms with van der Waals surface area (Å²) in [6.45, 7) is 15.2. The predicted molar refractivity (Wildman–Crippen MR) is 88.7 cm³/mol. The number of hydrogen-bond acceptors (Lipinski definition) is 4. The molecule has 1 aliphatic rings. The molecule has 1 fully saturated rings. The summed E-state index contributed by atoms with van der Waals surface area (Å²) in [5.74, 6) is 1.32. The highest BCUT2D eigenvalue weighted by molar-refractivity contribution is 5.49. The first-order valence-electron chi connectivity index (χ1n) is 8.24. The maximum Gasteiger partial charge on any atom is 0.131 e. The SMILES string of the molecule is CCNCc1nc(C(C)C)ncc1N1CCC(C)(C)CC1. The van der Waals surface area contributed by atoms with Crippen LogP contribution in [-0.2, 0) is 6.54 Å². The molecule has 4 nitrogen and oxygen atoms in total. The fourth-order valence-electron chi connectivity index (χ4n) is 2.69. The standard InChI is InChI=1S/C17H30N4/c1-6-18-11-14-15(12-19-16(20-14)13(2)3)21-9-7-17(4,5)8-10-21/h12-13,18H,6-11H2,1-5H3. The zero-order valence-corrected chi connectivity index (χ0v) is 14.2. The Morgan fingerprint density at radius 1 is 1.29 bits per heavy atom. The van der Waals surface area contributed by atoms with Crippen molar-refractivity contribution in [2.45, 2.75) is 59.9 Å². The van der Waals surface area contributed by atoms with Gasteiger partial charge in [-0.25, -0.2) is 9.97 Å². The second-order valence-electron chi connectivity index (χ2n) is 7.15. The van der Waals surface area contributed by atoms with Crippen LogP contribution in [0.4, 0.5) is 5.69 Å². The average Bonchev–Trinajstić information content (AvgIpc) is 2.45. The molecule has 118 valence electrons. The molecule has 0 bridgehead atoms. The fraction of sp³-hybridized carbons (Fsp3) is 0.765. The maximum absolute atomic E-state index is 4.81. The van der Waals surface area contributed by atoms with Crippen LogP contribution < -0.4 is 10.2 Å². The van der Waals surface area contributed by atoms with Gasteiger partial charge in [-0.1, -0.05) is 34.6 Å². The van der Waals surface area contributed by atoms with E-state index in [9.17, 15) is 0 Å². The van der Waals surface area contributed by atoms with Gasteiger partial charge in [0.05, 0.1) is 17.6 Å². The second-order valence-corrected chi connectivity index (χ2v) is 7.15. The van der Waals surface area contributed by atoms with Crippen molar-refractivity contribution < 1.29 is 0 Å². The predicted octanol–water partition coefficient (Wildman–Crippen LogP) is 3.34. The number of rotatable bonds is 5. The summed E-state index contributed by atoms with van der Waals surface area (Å²) < 4.78 is 0. The Morgan fingerprint density at radius 2 is 1.95 bits per heavy atom. The molecule has 0 amide bonds. The molecule has 0 atom stereocenters.